The molecule has 3 aromatic rings. The van der Waals surface area contributed by atoms with E-state index in [2.05, 4.69) is 0 Å². The number of amides is 2. The molecule has 0 radical (unpaired) electrons. The van der Waals surface area contributed by atoms with Gasteiger partial charge in [-0.3, -0.25) is 14.4 Å². The van der Waals surface area contributed by atoms with Crippen LogP contribution in [0.1, 0.15) is 17.2 Å². The van der Waals surface area contributed by atoms with Gasteiger partial charge in [-0.05, 0) is 42.3 Å². The van der Waals surface area contributed by atoms with E-state index in [1.54, 1.807) is 11.1 Å². The molecular formula is C24H20N2O3. The highest BCUT2D eigenvalue weighted by Crippen LogP contribution is 2.47. The topological polar surface area (TPSA) is 49.9 Å². The fourth-order valence-corrected chi connectivity index (χ4v) is 4.22. The van der Waals surface area contributed by atoms with Gasteiger partial charge in [0.25, 0.3) is 5.91 Å². The lowest BCUT2D eigenvalue weighted by Crippen LogP contribution is -2.37. The molecule has 0 N–H and O–H groups in total. The van der Waals surface area contributed by atoms with E-state index >= 15 is 0 Å². The van der Waals surface area contributed by atoms with Crippen molar-refractivity contribution in [3.63, 3.8) is 0 Å². The van der Waals surface area contributed by atoms with Gasteiger partial charge in [0, 0.05) is 0 Å². The van der Waals surface area contributed by atoms with E-state index in [9.17, 15) is 9.59 Å². The molecule has 3 aromatic carbocycles. The Bertz CT molecular complexity index is 1070. The summed E-state index contributed by atoms with van der Waals surface area (Å²) in [6.45, 7) is 1.94. The summed E-state index contributed by atoms with van der Waals surface area (Å²) in [7, 11) is 0. The molecule has 2 saturated heterocycles. The van der Waals surface area contributed by atoms with Crippen LogP contribution in [0.5, 0.6) is 0 Å². The largest absolute Gasteiger partial charge is 0.273 e. The highest BCUT2D eigenvalue weighted by molar-refractivity contribution is 6.23. The molecule has 29 heavy (non-hydrogen) atoms. The van der Waals surface area contributed by atoms with Crippen LogP contribution in [0, 0.1) is 12.8 Å². The molecule has 0 unspecified atom stereocenters. The predicted molar refractivity (Wildman–Crippen MR) is 110 cm³/mol. The Morgan fingerprint density at radius 1 is 0.759 bits per heavy atom. The van der Waals surface area contributed by atoms with E-state index in [-0.39, 0.29) is 17.9 Å². The minimum Gasteiger partial charge on any atom is -0.273 e. The van der Waals surface area contributed by atoms with Gasteiger partial charge in [0.15, 0.2) is 6.10 Å². The number of carbonyl (C=O) groups excluding carboxylic acids is 2. The highest BCUT2D eigenvalue weighted by atomic mass is 16.7. The van der Waals surface area contributed by atoms with Crippen LogP contribution in [0.3, 0.4) is 0 Å². The third kappa shape index (κ3) is 2.82. The molecule has 0 spiro atoms. The second-order valence-corrected chi connectivity index (χ2v) is 7.42. The lowest BCUT2D eigenvalue weighted by atomic mass is 9.90. The summed E-state index contributed by atoms with van der Waals surface area (Å²) < 4.78 is 0. The summed E-state index contributed by atoms with van der Waals surface area (Å²) >= 11 is 0. The summed E-state index contributed by atoms with van der Waals surface area (Å²) in [6, 6.07) is 26.4. The Labute approximate surface area is 169 Å². The van der Waals surface area contributed by atoms with Crippen molar-refractivity contribution in [3.8, 4) is 0 Å². The van der Waals surface area contributed by atoms with Gasteiger partial charge in [0.2, 0.25) is 5.91 Å². The summed E-state index contributed by atoms with van der Waals surface area (Å²) in [5, 5.41) is 1.72. The smallest absolute Gasteiger partial charge is 0.266 e. The average Bonchev–Trinajstić information content (AvgIpc) is 3.26. The SMILES string of the molecule is Cc1cccc(N2C(=O)[C@H]3[C@@H](c4ccccc4)N(c4ccccc4)O[C@H]3C2=O)c1. The van der Waals surface area contributed by atoms with Crippen LogP contribution in [0.15, 0.2) is 84.9 Å². The molecule has 5 heteroatoms. The van der Waals surface area contributed by atoms with Crippen LogP contribution >= 0.6 is 0 Å². The molecule has 0 saturated carbocycles. The van der Waals surface area contributed by atoms with Crippen molar-refractivity contribution >= 4 is 23.2 Å². The van der Waals surface area contributed by atoms with Crippen molar-refractivity contribution < 1.29 is 14.4 Å². The van der Waals surface area contributed by atoms with Gasteiger partial charge in [-0.2, -0.15) is 0 Å². The first-order valence-corrected chi connectivity index (χ1v) is 9.65. The minimum atomic E-state index is -0.839. The van der Waals surface area contributed by atoms with E-state index in [1.807, 2.05) is 85.8 Å². The molecule has 144 valence electrons. The standard InChI is InChI=1S/C24H20N2O3/c1-16-9-8-14-19(15-16)25-23(27)20-21(17-10-4-2-5-11-17)26(29-22(20)24(25)28)18-12-6-3-7-13-18/h2-15,20-22H,1H3/t20-,21+,22+/m0/s1. The maximum absolute atomic E-state index is 13.5. The number of carbonyl (C=O) groups is 2. The molecule has 0 bridgehead atoms. The van der Waals surface area contributed by atoms with Gasteiger partial charge >= 0.3 is 0 Å². The summed E-state index contributed by atoms with van der Waals surface area (Å²) in [5.41, 5.74) is 3.34. The average molecular weight is 384 g/mol. The number of hydrogen-bond acceptors (Lipinski definition) is 4. The van der Waals surface area contributed by atoms with Crippen molar-refractivity contribution in [1.29, 1.82) is 0 Å². The molecule has 5 nitrogen and oxygen atoms in total. The van der Waals surface area contributed by atoms with Crippen molar-refractivity contribution in [2.24, 2.45) is 5.92 Å². The second kappa shape index (κ2) is 6.87. The molecule has 2 amide bonds. The summed E-state index contributed by atoms with van der Waals surface area (Å²) in [6.07, 6.45) is -0.839. The summed E-state index contributed by atoms with van der Waals surface area (Å²) in [4.78, 5) is 34.1. The number of imide groups is 1. The van der Waals surface area contributed by atoms with Crippen molar-refractivity contribution in [2.75, 3.05) is 9.96 Å². The number of hydroxylamine groups is 1. The van der Waals surface area contributed by atoms with Crippen molar-refractivity contribution in [1.82, 2.24) is 0 Å². The molecule has 2 aliphatic rings. The Kier molecular flexibility index (Phi) is 4.18. The molecular weight excluding hydrogens is 364 g/mol. The number of para-hydroxylation sites is 1. The van der Waals surface area contributed by atoms with Crippen LogP contribution in [-0.2, 0) is 14.4 Å². The van der Waals surface area contributed by atoms with Crippen LogP contribution in [0.4, 0.5) is 11.4 Å². The van der Waals surface area contributed by atoms with Gasteiger partial charge in [0.1, 0.15) is 5.92 Å². The van der Waals surface area contributed by atoms with E-state index in [0.717, 1.165) is 16.8 Å². The number of rotatable bonds is 3. The first kappa shape index (κ1) is 17.6. The zero-order valence-corrected chi connectivity index (χ0v) is 15.9. The first-order chi connectivity index (χ1) is 14.1. The van der Waals surface area contributed by atoms with Gasteiger partial charge in [-0.1, -0.05) is 60.7 Å². The minimum absolute atomic E-state index is 0.224. The molecule has 3 atom stereocenters. The van der Waals surface area contributed by atoms with Gasteiger partial charge in [-0.25, -0.2) is 9.96 Å². The Morgan fingerprint density at radius 3 is 2.10 bits per heavy atom. The van der Waals surface area contributed by atoms with Crippen LogP contribution in [0.2, 0.25) is 0 Å². The number of fused-ring (bicyclic) bond motifs is 1. The fourth-order valence-electron chi connectivity index (χ4n) is 4.22. The summed E-state index contributed by atoms with van der Waals surface area (Å²) in [5.74, 6) is -1.14. The van der Waals surface area contributed by atoms with Gasteiger partial charge < -0.3 is 0 Å². The normalized spacial score (nSPS) is 23.6. The monoisotopic (exact) mass is 384 g/mol. The lowest BCUT2D eigenvalue weighted by molar-refractivity contribution is -0.126. The van der Waals surface area contributed by atoms with Crippen molar-refractivity contribution in [2.45, 2.75) is 19.1 Å². The fraction of sp³-hybridized carbons (Fsp3) is 0.167. The molecule has 5 rings (SSSR count). The zero-order valence-electron chi connectivity index (χ0n) is 15.9. The van der Waals surface area contributed by atoms with Crippen LogP contribution in [-0.4, -0.2) is 17.9 Å². The molecule has 2 heterocycles. The van der Waals surface area contributed by atoms with E-state index < -0.39 is 12.0 Å². The predicted octanol–water partition coefficient (Wildman–Crippen LogP) is 4.05. The molecule has 2 fully saturated rings. The number of benzene rings is 3. The molecule has 2 aliphatic heterocycles. The first-order valence-electron chi connectivity index (χ1n) is 9.65. The van der Waals surface area contributed by atoms with Crippen LogP contribution < -0.4 is 9.96 Å². The van der Waals surface area contributed by atoms with Crippen LogP contribution in [0.25, 0.3) is 0 Å². The van der Waals surface area contributed by atoms with Gasteiger partial charge in [-0.15, -0.1) is 0 Å². The Balaban J connectivity index is 1.59. The lowest BCUT2D eigenvalue weighted by Gasteiger charge is -2.28. The number of hydrogen-bond donors (Lipinski definition) is 0. The zero-order chi connectivity index (χ0) is 20.0. The van der Waals surface area contributed by atoms with E-state index in [4.69, 9.17) is 4.84 Å². The maximum Gasteiger partial charge on any atom is 0.266 e. The quantitative estimate of drug-likeness (QED) is 0.640. The third-order valence-electron chi connectivity index (χ3n) is 5.53. The Morgan fingerprint density at radius 2 is 1.41 bits per heavy atom. The maximum atomic E-state index is 13.5. The Hall–Kier alpha value is -3.44. The molecule has 0 aromatic heterocycles. The van der Waals surface area contributed by atoms with E-state index in [1.165, 1.54) is 4.90 Å². The van der Waals surface area contributed by atoms with Gasteiger partial charge in [0.05, 0.1) is 17.4 Å². The molecule has 0 aliphatic carbocycles. The highest BCUT2D eigenvalue weighted by Gasteiger charge is 2.60. The van der Waals surface area contributed by atoms with E-state index in [0.29, 0.717) is 5.69 Å². The van der Waals surface area contributed by atoms with Crippen molar-refractivity contribution in [3.05, 3.63) is 96.1 Å². The third-order valence-corrected chi connectivity index (χ3v) is 5.53. The second-order valence-electron chi connectivity index (χ2n) is 7.42. The number of nitrogens with zero attached hydrogens (tertiary/aromatic N) is 2. The number of aryl methyl sites for hydroxylation is 1. The number of anilines is 2.